The number of benzene rings is 1. The molecule has 3 nitrogen and oxygen atoms in total. The molecule has 1 aliphatic heterocycles. The molecule has 100 valence electrons. The first kappa shape index (κ1) is 13.2. The van der Waals surface area contributed by atoms with E-state index in [-0.39, 0.29) is 0 Å². The molecule has 0 spiro atoms. The molecule has 1 aromatic carbocycles. The van der Waals surface area contributed by atoms with Gasteiger partial charge in [0, 0.05) is 18.7 Å². The second-order valence-electron chi connectivity index (χ2n) is 5.15. The number of aromatic hydroxyl groups is 1. The van der Waals surface area contributed by atoms with E-state index in [1.54, 1.807) is 19.2 Å². The van der Waals surface area contributed by atoms with Gasteiger partial charge in [-0.1, -0.05) is 13.3 Å². The molecule has 1 aromatic rings. The largest absolute Gasteiger partial charge is 0.508 e. The van der Waals surface area contributed by atoms with E-state index in [1.807, 2.05) is 6.07 Å². The van der Waals surface area contributed by atoms with Crippen molar-refractivity contribution in [2.75, 3.05) is 20.2 Å². The van der Waals surface area contributed by atoms with Gasteiger partial charge in [-0.05, 0) is 43.5 Å². The van der Waals surface area contributed by atoms with Crippen LogP contribution in [0.2, 0.25) is 0 Å². The van der Waals surface area contributed by atoms with Gasteiger partial charge in [-0.2, -0.15) is 0 Å². The SMILES string of the molecule is CCC1CCCN(Cc2cc(OC)ccc2O)C1. The van der Waals surface area contributed by atoms with Crippen molar-refractivity contribution in [2.45, 2.75) is 32.7 Å². The van der Waals surface area contributed by atoms with Crippen molar-refractivity contribution in [3.05, 3.63) is 23.8 Å². The van der Waals surface area contributed by atoms with E-state index in [2.05, 4.69) is 11.8 Å². The zero-order valence-electron chi connectivity index (χ0n) is 11.4. The van der Waals surface area contributed by atoms with Crippen molar-refractivity contribution in [1.29, 1.82) is 0 Å². The lowest BCUT2D eigenvalue weighted by Crippen LogP contribution is -2.34. The second-order valence-corrected chi connectivity index (χ2v) is 5.15. The molecule has 0 aromatic heterocycles. The first-order valence-corrected chi connectivity index (χ1v) is 6.81. The molecule has 2 rings (SSSR count). The summed E-state index contributed by atoms with van der Waals surface area (Å²) in [5, 5.41) is 9.90. The number of phenols is 1. The molecule has 0 bridgehead atoms. The van der Waals surface area contributed by atoms with Gasteiger partial charge in [0.15, 0.2) is 0 Å². The van der Waals surface area contributed by atoms with Gasteiger partial charge in [-0.25, -0.2) is 0 Å². The molecule has 1 heterocycles. The molecule has 1 saturated heterocycles. The summed E-state index contributed by atoms with van der Waals surface area (Å²) in [6.07, 6.45) is 3.86. The minimum atomic E-state index is 0.370. The van der Waals surface area contributed by atoms with Crippen molar-refractivity contribution >= 4 is 0 Å². The third-order valence-corrected chi connectivity index (χ3v) is 3.86. The van der Waals surface area contributed by atoms with Crippen molar-refractivity contribution in [3.63, 3.8) is 0 Å². The monoisotopic (exact) mass is 249 g/mol. The predicted octanol–water partition coefficient (Wildman–Crippen LogP) is 3.02. The van der Waals surface area contributed by atoms with Gasteiger partial charge >= 0.3 is 0 Å². The van der Waals surface area contributed by atoms with Crippen molar-refractivity contribution in [1.82, 2.24) is 4.90 Å². The summed E-state index contributed by atoms with van der Waals surface area (Å²) >= 11 is 0. The van der Waals surface area contributed by atoms with Gasteiger partial charge < -0.3 is 9.84 Å². The normalized spacial score (nSPS) is 20.9. The molecule has 1 N–H and O–H groups in total. The quantitative estimate of drug-likeness (QED) is 0.890. The highest BCUT2D eigenvalue weighted by Gasteiger charge is 2.19. The fourth-order valence-electron chi connectivity index (χ4n) is 2.68. The Morgan fingerprint density at radius 1 is 1.44 bits per heavy atom. The summed E-state index contributed by atoms with van der Waals surface area (Å²) in [4.78, 5) is 2.44. The Labute approximate surface area is 109 Å². The zero-order valence-corrected chi connectivity index (χ0v) is 11.4. The highest BCUT2D eigenvalue weighted by molar-refractivity contribution is 5.39. The maximum absolute atomic E-state index is 9.90. The van der Waals surface area contributed by atoms with E-state index >= 15 is 0 Å². The van der Waals surface area contributed by atoms with Crippen LogP contribution in [-0.4, -0.2) is 30.2 Å². The van der Waals surface area contributed by atoms with Crippen LogP contribution in [0, 0.1) is 5.92 Å². The van der Waals surface area contributed by atoms with E-state index in [4.69, 9.17) is 4.74 Å². The van der Waals surface area contributed by atoms with Crippen molar-refractivity contribution < 1.29 is 9.84 Å². The van der Waals surface area contributed by atoms with Crippen molar-refractivity contribution in [2.24, 2.45) is 5.92 Å². The average molecular weight is 249 g/mol. The first-order valence-electron chi connectivity index (χ1n) is 6.81. The number of piperidine rings is 1. The smallest absolute Gasteiger partial charge is 0.120 e. The van der Waals surface area contributed by atoms with E-state index in [0.29, 0.717) is 5.75 Å². The van der Waals surface area contributed by atoms with E-state index in [9.17, 15) is 5.11 Å². The van der Waals surface area contributed by atoms with Gasteiger partial charge in [0.1, 0.15) is 11.5 Å². The Bertz CT molecular complexity index is 392. The maximum atomic E-state index is 9.90. The maximum Gasteiger partial charge on any atom is 0.120 e. The van der Waals surface area contributed by atoms with Crippen LogP contribution in [-0.2, 0) is 6.54 Å². The molecule has 0 saturated carbocycles. The number of hydrogen-bond donors (Lipinski definition) is 1. The molecule has 3 heteroatoms. The molecule has 1 fully saturated rings. The molecular weight excluding hydrogens is 226 g/mol. The number of hydrogen-bond acceptors (Lipinski definition) is 3. The lowest BCUT2D eigenvalue weighted by molar-refractivity contribution is 0.163. The fraction of sp³-hybridized carbons (Fsp3) is 0.600. The second kappa shape index (κ2) is 6.10. The van der Waals surface area contributed by atoms with Crippen LogP contribution >= 0.6 is 0 Å². The minimum Gasteiger partial charge on any atom is -0.508 e. The number of ether oxygens (including phenoxy) is 1. The summed E-state index contributed by atoms with van der Waals surface area (Å²) in [6, 6.07) is 5.45. The third kappa shape index (κ3) is 3.16. The summed E-state index contributed by atoms with van der Waals surface area (Å²) in [5.74, 6) is 1.99. The molecular formula is C15H23NO2. The number of phenolic OH excluding ortho intramolecular Hbond substituents is 1. The Morgan fingerprint density at radius 2 is 2.28 bits per heavy atom. The summed E-state index contributed by atoms with van der Waals surface area (Å²) in [7, 11) is 1.66. The average Bonchev–Trinajstić information content (AvgIpc) is 2.41. The molecule has 18 heavy (non-hydrogen) atoms. The van der Waals surface area contributed by atoms with Crippen LogP contribution in [0.25, 0.3) is 0 Å². The van der Waals surface area contributed by atoms with Crippen LogP contribution in [0.1, 0.15) is 31.7 Å². The topological polar surface area (TPSA) is 32.7 Å². The molecule has 1 atom stereocenters. The number of methoxy groups -OCH3 is 1. The molecule has 1 aliphatic rings. The highest BCUT2D eigenvalue weighted by atomic mass is 16.5. The van der Waals surface area contributed by atoms with E-state index < -0.39 is 0 Å². The van der Waals surface area contributed by atoms with Crippen LogP contribution in [0.5, 0.6) is 11.5 Å². The summed E-state index contributed by atoms with van der Waals surface area (Å²) < 4.78 is 5.21. The zero-order chi connectivity index (χ0) is 13.0. The number of likely N-dealkylation sites (tertiary alicyclic amines) is 1. The molecule has 1 unspecified atom stereocenters. The lowest BCUT2D eigenvalue weighted by atomic mass is 9.95. The van der Waals surface area contributed by atoms with Gasteiger partial charge in [-0.3, -0.25) is 4.90 Å². The summed E-state index contributed by atoms with van der Waals surface area (Å²) in [6.45, 7) is 5.36. The Hall–Kier alpha value is -1.22. The summed E-state index contributed by atoms with van der Waals surface area (Å²) in [5.41, 5.74) is 0.964. The van der Waals surface area contributed by atoms with Crippen LogP contribution in [0.15, 0.2) is 18.2 Å². The predicted molar refractivity (Wildman–Crippen MR) is 73.0 cm³/mol. The first-order chi connectivity index (χ1) is 8.72. The molecule has 0 radical (unpaired) electrons. The Morgan fingerprint density at radius 3 is 3.00 bits per heavy atom. The molecule has 0 amide bonds. The number of nitrogens with zero attached hydrogens (tertiary/aromatic N) is 1. The Balaban J connectivity index is 2.04. The standard InChI is InChI=1S/C15H23NO2/c1-3-12-5-4-8-16(10-12)11-13-9-14(18-2)6-7-15(13)17/h6-7,9,12,17H,3-5,8,10-11H2,1-2H3. The van der Waals surface area contributed by atoms with Crippen molar-refractivity contribution in [3.8, 4) is 11.5 Å². The van der Waals surface area contributed by atoms with Gasteiger partial charge in [0.25, 0.3) is 0 Å². The third-order valence-electron chi connectivity index (χ3n) is 3.86. The van der Waals surface area contributed by atoms with Gasteiger partial charge in [-0.15, -0.1) is 0 Å². The lowest BCUT2D eigenvalue weighted by Gasteiger charge is -2.32. The molecule has 0 aliphatic carbocycles. The minimum absolute atomic E-state index is 0.370. The van der Waals surface area contributed by atoms with Gasteiger partial charge in [0.2, 0.25) is 0 Å². The van der Waals surface area contributed by atoms with Crippen LogP contribution in [0.4, 0.5) is 0 Å². The highest BCUT2D eigenvalue weighted by Crippen LogP contribution is 2.27. The van der Waals surface area contributed by atoms with Crippen LogP contribution < -0.4 is 4.74 Å². The van der Waals surface area contributed by atoms with E-state index in [1.165, 1.54) is 19.3 Å². The fourth-order valence-corrected chi connectivity index (χ4v) is 2.68. The Kier molecular flexibility index (Phi) is 4.48. The van der Waals surface area contributed by atoms with Gasteiger partial charge in [0.05, 0.1) is 7.11 Å². The van der Waals surface area contributed by atoms with E-state index in [0.717, 1.165) is 36.9 Å². The van der Waals surface area contributed by atoms with Crippen LogP contribution in [0.3, 0.4) is 0 Å². The number of rotatable bonds is 4.